The second kappa shape index (κ2) is 13.4. The van der Waals surface area contributed by atoms with Gasteiger partial charge >= 0.3 is 0 Å². The molecule has 1 saturated heterocycles. The van der Waals surface area contributed by atoms with E-state index >= 15 is 0 Å². The molecule has 6 heteroatoms. The number of nitrogens with zero attached hydrogens (tertiary/aromatic N) is 4. The van der Waals surface area contributed by atoms with Crippen LogP contribution in [0.15, 0.2) is 84.9 Å². The number of benzene rings is 3. The molecule has 0 atom stereocenters. The summed E-state index contributed by atoms with van der Waals surface area (Å²) >= 11 is 0. The highest BCUT2D eigenvalue weighted by Crippen LogP contribution is 2.34. The molecule has 0 amide bonds. The van der Waals surface area contributed by atoms with Gasteiger partial charge in [-0.15, -0.1) is 0 Å². The van der Waals surface area contributed by atoms with Crippen molar-refractivity contribution in [1.82, 2.24) is 20.0 Å². The predicted molar refractivity (Wildman–Crippen MR) is 168 cm³/mol. The fourth-order valence-corrected chi connectivity index (χ4v) is 6.33. The molecule has 0 radical (unpaired) electrons. The molecule has 2 fully saturated rings. The minimum absolute atomic E-state index is 0.724. The van der Waals surface area contributed by atoms with Crippen LogP contribution in [0.1, 0.15) is 49.3 Å². The van der Waals surface area contributed by atoms with Crippen molar-refractivity contribution in [2.24, 2.45) is 0 Å². The molecule has 1 aliphatic carbocycles. The van der Waals surface area contributed by atoms with E-state index in [1.807, 2.05) is 12.1 Å². The van der Waals surface area contributed by atoms with Crippen molar-refractivity contribution >= 4 is 5.69 Å². The van der Waals surface area contributed by atoms with Crippen molar-refractivity contribution in [1.29, 1.82) is 0 Å². The number of hydrogen-bond acceptors (Lipinski definition) is 5. The average molecular weight is 550 g/mol. The number of rotatable bonds is 10. The Hall–Kier alpha value is -3.61. The smallest absolute Gasteiger partial charge is 0.119 e. The van der Waals surface area contributed by atoms with Crippen LogP contribution < -0.4 is 15.0 Å². The van der Waals surface area contributed by atoms with Crippen molar-refractivity contribution in [2.45, 2.75) is 44.6 Å². The Bertz CT molecular complexity index is 1350. The van der Waals surface area contributed by atoms with Crippen LogP contribution in [0.2, 0.25) is 0 Å². The Morgan fingerprint density at radius 1 is 0.805 bits per heavy atom. The second-order valence-corrected chi connectivity index (χ2v) is 11.4. The lowest BCUT2D eigenvalue weighted by Crippen LogP contribution is -2.48. The third kappa shape index (κ3) is 6.83. The van der Waals surface area contributed by atoms with E-state index < -0.39 is 0 Å². The number of para-hydroxylation sites is 1. The monoisotopic (exact) mass is 549 g/mol. The number of nitrogens with one attached hydrogen (secondary N) is 1. The molecule has 2 heterocycles. The van der Waals surface area contributed by atoms with Crippen molar-refractivity contribution < 1.29 is 4.74 Å². The van der Waals surface area contributed by atoms with Gasteiger partial charge in [-0.25, -0.2) is 4.68 Å². The van der Waals surface area contributed by atoms with Crippen LogP contribution in [0.4, 0.5) is 5.69 Å². The normalized spacial score (nSPS) is 16.7. The summed E-state index contributed by atoms with van der Waals surface area (Å²) in [7, 11) is 1.71. The van der Waals surface area contributed by atoms with Crippen LogP contribution in [0.3, 0.4) is 0 Å². The first-order valence-corrected chi connectivity index (χ1v) is 15.3. The maximum Gasteiger partial charge on any atom is 0.119 e. The number of anilines is 1. The molecule has 2 aliphatic rings. The third-order valence-corrected chi connectivity index (χ3v) is 8.76. The van der Waals surface area contributed by atoms with Crippen LogP contribution in [0.25, 0.3) is 16.9 Å². The first-order valence-electron chi connectivity index (χ1n) is 15.3. The molecular formula is C35H43N5O. The van der Waals surface area contributed by atoms with Gasteiger partial charge in [0.2, 0.25) is 0 Å². The van der Waals surface area contributed by atoms with E-state index in [0.29, 0.717) is 0 Å². The molecular weight excluding hydrogens is 506 g/mol. The van der Waals surface area contributed by atoms with Crippen molar-refractivity contribution in [3.05, 3.63) is 96.2 Å². The SMILES string of the molecule is COc1ccc(N2CCN(CCNCc3cc(-c4ccc(C5CCCCC5)cc4)n(-c4ccccc4)n3)CC2)cc1. The molecule has 1 N–H and O–H groups in total. The highest BCUT2D eigenvalue weighted by molar-refractivity contribution is 5.63. The van der Waals surface area contributed by atoms with Gasteiger partial charge in [0.25, 0.3) is 0 Å². The van der Waals surface area contributed by atoms with Crippen LogP contribution in [0, 0.1) is 0 Å². The van der Waals surface area contributed by atoms with Gasteiger partial charge in [0.05, 0.1) is 24.2 Å². The maximum atomic E-state index is 5.30. The zero-order valence-electron chi connectivity index (χ0n) is 24.3. The molecule has 214 valence electrons. The summed E-state index contributed by atoms with van der Waals surface area (Å²) in [5, 5.41) is 8.69. The molecule has 4 aromatic rings. The molecule has 0 unspecified atom stereocenters. The summed E-state index contributed by atoms with van der Waals surface area (Å²) in [6.45, 7) is 7.03. The van der Waals surface area contributed by atoms with E-state index in [2.05, 4.69) is 92.6 Å². The molecule has 3 aromatic carbocycles. The standard InChI is InChI=1S/C35H43N5O/c1-41-34-18-16-32(17-19-34)39-24-22-38(23-25-39)21-20-36-27-31-26-35(40(37-31)33-10-6-3-7-11-33)30-14-12-29(13-15-30)28-8-4-2-5-9-28/h3,6-7,10-19,26,28,36H,2,4-5,8-9,20-25,27H2,1H3. The Morgan fingerprint density at radius 3 is 2.24 bits per heavy atom. The van der Waals surface area contributed by atoms with Crippen molar-refractivity contribution in [3.63, 3.8) is 0 Å². The van der Waals surface area contributed by atoms with E-state index in [4.69, 9.17) is 9.84 Å². The molecule has 6 nitrogen and oxygen atoms in total. The van der Waals surface area contributed by atoms with Crippen molar-refractivity contribution in [3.8, 4) is 22.7 Å². The first-order chi connectivity index (χ1) is 20.3. The van der Waals surface area contributed by atoms with Gasteiger partial charge in [-0.1, -0.05) is 61.7 Å². The molecule has 1 saturated carbocycles. The van der Waals surface area contributed by atoms with Crippen LogP contribution in [-0.4, -0.2) is 61.1 Å². The minimum Gasteiger partial charge on any atom is -0.497 e. The Balaban J connectivity index is 1.05. The lowest BCUT2D eigenvalue weighted by molar-refractivity contribution is 0.257. The second-order valence-electron chi connectivity index (χ2n) is 11.4. The number of hydrogen-bond donors (Lipinski definition) is 1. The maximum absolute atomic E-state index is 5.30. The quantitative estimate of drug-likeness (QED) is 0.229. The highest BCUT2D eigenvalue weighted by Gasteiger charge is 2.18. The Kier molecular flexibility index (Phi) is 8.98. The molecule has 6 rings (SSSR count). The Morgan fingerprint density at radius 2 is 1.54 bits per heavy atom. The molecule has 1 aliphatic heterocycles. The fourth-order valence-electron chi connectivity index (χ4n) is 6.33. The zero-order chi connectivity index (χ0) is 27.9. The summed E-state index contributed by atoms with van der Waals surface area (Å²) in [5.41, 5.74) is 7.31. The van der Waals surface area contributed by atoms with Crippen LogP contribution in [0.5, 0.6) is 5.75 Å². The Labute approximate surface area is 244 Å². The highest BCUT2D eigenvalue weighted by atomic mass is 16.5. The lowest BCUT2D eigenvalue weighted by atomic mass is 9.84. The van der Waals surface area contributed by atoms with Gasteiger partial charge in [-0.3, -0.25) is 4.90 Å². The number of piperazine rings is 1. The molecule has 41 heavy (non-hydrogen) atoms. The van der Waals surface area contributed by atoms with E-state index in [1.165, 1.54) is 48.9 Å². The largest absolute Gasteiger partial charge is 0.497 e. The van der Waals surface area contributed by atoms with E-state index in [0.717, 1.165) is 74.6 Å². The topological polar surface area (TPSA) is 45.6 Å². The van der Waals surface area contributed by atoms with Crippen LogP contribution in [-0.2, 0) is 6.54 Å². The van der Waals surface area contributed by atoms with E-state index in [1.54, 1.807) is 7.11 Å². The summed E-state index contributed by atoms with van der Waals surface area (Å²) in [6, 6.07) is 30.4. The van der Waals surface area contributed by atoms with E-state index in [9.17, 15) is 0 Å². The molecule has 1 aromatic heterocycles. The van der Waals surface area contributed by atoms with Gasteiger partial charge in [0.1, 0.15) is 5.75 Å². The van der Waals surface area contributed by atoms with E-state index in [-0.39, 0.29) is 0 Å². The third-order valence-electron chi connectivity index (χ3n) is 8.76. The summed E-state index contributed by atoms with van der Waals surface area (Å²) in [4.78, 5) is 5.01. The predicted octanol–water partition coefficient (Wildman–Crippen LogP) is 6.51. The first kappa shape index (κ1) is 27.6. The molecule has 0 bridgehead atoms. The van der Waals surface area contributed by atoms with Gasteiger partial charge in [0, 0.05) is 57.1 Å². The number of methoxy groups -OCH3 is 1. The fraction of sp³-hybridized carbons (Fsp3) is 0.400. The number of ether oxygens (including phenoxy) is 1. The van der Waals surface area contributed by atoms with Gasteiger partial charge < -0.3 is 15.0 Å². The average Bonchev–Trinajstić information content (AvgIpc) is 3.49. The summed E-state index contributed by atoms with van der Waals surface area (Å²) in [6.07, 6.45) is 6.78. The summed E-state index contributed by atoms with van der Waals surface area (Å²) in [5.74, 6) is 1.63. The lowest BCUT2D eigenvalue weighted by Gasteiger charge is -2.36. The minimum atomic E-state index is 0.724. The molecule has 0 spiro atoms. The van der Waals surface area contributed by atoms with Crippen molar-refractivity contribution in [2.75, 3.05) is 51.3 Å². The summed E-state index contributed by atoms with van der Waals surface area (Å²) < 4.78 is 7.40. The van der Waals surface area contributed by atoms with Gasteiger partial charge in [0.15, 0.2) is 0 Å². The number of aromatic nitrogens is 2. The van der Waals surface area contributed by atoms with Gasteiger partial charge in [-0.05, 0) is 66.8 Å². The van der Waals surface area contributed by atoms with Crippen LogP contribution >= 0.6 is 0 Å². The zero-order valence-corrected chi connectivity index (χ0v) is 24.3. The van der Waals surface area contributed by atoms with Gasteiger partial charge in [-0.2, -0.15) is 5.10 Å².